The zero-order chi connectivity index (χ0) is 23.1. The average Bonchev–Trinajstić information content (AvgIpc) is 3.19. The van der Waals surface area contributed by atoms with Crippen molar-refractivity contribution < 1.29 is 0 Å². The highest BCUT2D eigenvalue weighted by molar-refractivity contribution is 9.11. The standard InChI is InChI=1S/C26H33Br2N5/c1-17-6-5-13-29-23(17)21-7-4-8-22(32(21)3)26-30-24-19(27)9-10-20(28)25(24)33(26)16-18-11-14-31(2)15-12-18/h5-6,9-10,13,18,21-22H,4,7-8,11-12,14-16H2,1-3H3/t21-,22+/m0/s1. The summed E-state index contributed by atoms with van der Waals surface area (Å²) in [5.41, 5.74) is 4.78. The van der Waals surface area contributed by atoms with E-state index in [-0.39, 0.29) is 6.04 Å². The minimum Gasteiger partial charge on any atom is -0.325 e. The van der Waals surface area contributed by atoms with Crippen LogP contribution in [0.4, 0.5) is 0 Å². The Labute approximate surface area is 213 Å². The van der Waals surface area contributed by atoms with Gasteiger partial charge in [-0.15, -0.1) is 0 Å². The molecule has 7 heteroatoms. The fourth-order valence-corrected chi connectivity index (χ4v) is 6.68. The van der Waals surface area contributed by atoms with Crippen molar-refractivity contribution in [3.63, 3.8) is 0 Å². The third kappa shape index (κ3) is 4.54. The first kappa shape index (κ1) is 23.5. The van der Waals surface area contributed by atoms with Gasteiger partial charge in [-0.25, -0.2) is 4.98 Å². The number of likely N-dealkylation sites (tertiary alicyclic amines) is 2. The second-order valence-electron chi connectivity index (χ2n) is 9.89. The van der Waals surface area contributed by atoms with E-state index in [2.05, 4.69) is 85.4 Å². The Morgan fingerprint density at radius 3 is 2.45 bits per heavy atom. The van der Waals surface area contributed by atoms with Gasteiger partial charge < -0.3 is 9.47 Å². The van der Waals surface area contributed by atoms with Gasteiger partial charge in [0.05, 0.1) is 23.3 Å². The quantitative estimate of drug-likeness (QED) is 0.356. The molecule has 2 aliphatic rings. The minimum absolute atomic E-state index is 0.280. The van der Waals surface area contributed by atoms with Crippen molar-refractivity contribution in [3.05, 3.63) is 56.5 Å². The number of hydrogen-bond acceptors (Lipinski definition) is 4. The molecule has 0 amide bonds. The molecule has 0 radical (unpaired) electrons. The second-order valence-corrected chi connectivity index (χ2v) is 11.6. The molecule has 2 aliphatic heterocycles. The normalized spacial score (nSPS) is 23.4. The summed E-state index contributed by atoms with van der Waals surface area (Å²) in [5.74, 6) is 1.89. The molecule has 0 N–H and O–H groups in total. The topological polar surface area (TPSA) is 37.2 Å². The molecule has 5 rings (SSSR count). The van der Waals surface area contributed by atoms with Crippen LogP contribution in [0.5, 0.6) is 0 Å². The summed E-state index contributed by atoms with van der Waals surface area (Å²) in [4.78, 5) is 15.1. The fourth-order valence-electron chi connectivity index (χ4n) is 5.74. The van der Waals surface area contributed by atoms with E-state index in [0.29, 0.717) is 12.0 Å². The molecule has 176 valence electrons. The van der Waals surface area contributed by atoms with Gasteiger partial charge in [0.2, 0.25) is 0 Å². The first-order chi connectivity index (χ1) is 15.9. The molecule has 33 heavy (non-hydrogen) atoms. The molecule has 0 aliphatic carbocycles. The summed E-state index contributed by atoms with van der Waals surface area (Å²) >= 11 is 7.64. The first-order valence-electron chi connectivity index (χ1n) is 12.1. The zero-order valence-corrected chi connectivity index (χ0v) is 22.9. The number of aromatic nitrogens is 3. The van der Waals surface area contributed by atoms with E-state index in [0.717, 1.165) is 33.8 Å². The van der Waals surface area contributed by atoms with Crippen LogP contribution < -0.4 is 0 Å². The van der Waals surface area contributed by atoms with Gasteiger partial charge in [0.15, 0.2) is 0 Å². The molecule has 0 bridgehead atoms. The van der Waals surface area contributed by atoms with Crippen LogP contribution in [0.25, 0.3) is 11.0 Å². The molecular formula is C26H33Br2N5. The van der Waals surface area contributed by atoms with Crippen LogP contribution in [0, 0.1) is 12.8 Å². The molecule has 1 aromatic carbocycles. The number of nitrogens with zero attached hydrogens (tertiary/aromatic N) is 5. The number of fused-ring (bicyclic) bond motifs is 1. The van der Waals surface area contributed by atoms with Crippen molar-refractivity contribution in [3.8, 4) is 0 Å². The molecule has 2 fully saturated rings. The predicted molar refractivity (Wildman–Crippen MR) is 141 cm³/mol. The highest BCUT2D eigenvalue weighted by Gasteiger charge is 2.35. The van der Waals surface area contributed by atoms with Gasteiger partial charge in [-0.05, 0) is 128 Å². The number of benzene rings is 1. The van der Waals surface area contributed by atoms with E-state index in [4.69, 9.17) is 9.97 Å². The van der Waals surface area contributed by atoms with Crippen molar-refractivity contribution in [2.75, 3.05) is 27.2 Å². The number of rotatable bonds is 4. The summed E-state index contributed by atoms with van der Waals surface area (Å²) in [5, 5.41) is 0. The predicted octanol–water partition coefficient (Wildman–Crippen LogP) is 6.50. The number of piperidine rings is 2. The Bertz CT molecular complexity index is 1140. The van der Waals surface area contributed by atoms with Crippen molar-refractivity contribution in [2.45, 2.75) is 57.7 Å². The lowest BCUT2D eigenvalue weighted by Crippen LogP contribution is -2.36. The van der Waals surface area contributed by atoms with E-state index >= 15 is 0 Å². The van der Waals surface area contributed by atoms with Crippen LogP contribution in [0.15, 0.2) is 39.4 Å². The molecule has 0 spiro atoms. The SMILES string of the molecule is Cc1cccnc1[C@@H]1CCC[C@H](c2nc3c(Br)ccc(Br)c3n2CC2CCN(C)CC2)N1C. The Morgan fingerprint density at radius 1 is 0.970 bits per heavy atom. The van der Waals surface area contributed by atoms with Crippen molar-refractivity contribution >= 4 is 42.9 Å². The van der Waals surface area contributed by atoms with E-state index in [1.165, 1.54) is 55.0 Å². The Kier molecular flexibility index (Phi) is 6.94. The molecule has 2 atom stereocenters. The van der Waals surface area contributed by atoms with Crippen molar-refractivity contribution in [2.24, 2.45) is 5.92 Å². The highest BCUT2D eigenvalue weighted by Crippen LogP contribution is 2.43. The van der Waals surface area contributed by atoms with Gasteiger partial charge in [0.1, 0.15) is 11.3 Å². The van der Waals surface area contributed by atoms with Crippen LogP contribution in [-0.2, 0) is 6.54 Å². The minimum atomic E-state index is 0.280. The average molecular weight is 575 g/mol. The molecular weight excluding hydrogens is 542 g/mol. The van der Waals surface area contributed by atoms with Crippen molar-refractivity contribution in [1.82, 2.24) is 24.3 Å². The molecule has 0 unspecified atom stereocenters. The third-order valence-corrected chi connectivity index (χ3v) is 8.99. The molecule has 0 saturated carbocycles. The molecule has 2 aromatic heterocycles. The van der Waals surface area contributed by atoms with Crippen LogP contribution in [0.2, 0.25) is 0 Å². The Morgan fingerprint density at radius 2 is 1.70 bits per heavy atom. The van der Waals surface area contributed by atoms with Gasteiger partial charge in [-0.2, -0.15) is 0 Å². The summed E-state index contributed by atoms with van der Waals surface area (Å²) in [6.07, 6.45) is 7.89. The van der Waals surface area contributed by atoms with Gasteiger partial charge in [0, 0.05) is 21.7 Å². The number of hydrogen-bond donors (Lipinski definition) is 0. The molecule has 4 heterocycles. The number of pyridine rings is 1. The Hall–Kier alpha value is -1.28. The number of halogens is 2. The number of imidazole rings is 1. The number of aryl methyl sites for hydroxylation is 1. The summed E-state index contributed by atoms with van der Waals surface area (Å²) in [6, 6.07) is 9.08. The highest BCUT2D eigenvalue weighted by atomic mass is 79.9. The van der Waals surface area contributed by atoms with E-state index < -0.39 is 0 Å². The van der Waals surface area contributed by atoms with Gasteiger partial charge in [-0.3, -0.25) is 9.88 Å². The maximum absolute atomic E-state index is 5.29. The van der Waals surface area contributed by atoms with Gasteiger partial charge >= 0.3 is 0 Å². The summed E-state index contributed by atoms with van der Waals surface area (Å²) in [7, 11) is 4.50. The zero-order valence-electron chi connectivity index (χ0n) is 19.8. The van der Waals surface area contributed by atoms with Gasteiger partial charge in [0.25, 0.3) is 0 Å². The first-order valence-corrected chi connectivity index (χ1v) is 13.7. The molecule has 3 aromatic rings. The van der Waals surface area contributed by atoms with Crippen LogP contribution in [0.1, 0.15) is 61.3 Å². The van der Waals surface area contributed by atoms with E-state index in [1.807, 2.05) is 12.3 Å². The fraction of sp³-hybridized carbons (Fsp3) is 0.538. The molecule has 2 saturated heterocycles. The van der Waals surface area contributed by atoms with E-state index in [9.17, 15) is 0 Å². The van der Waals surface area contributed by atoms with E-state index in [1.54, 1.807) is 0 Å². The smallest absolute Gasteiger partial charge is 0.127 e. The Balaban J connectivity index is 1.56. The lowest BCUT2D eigenvalue weighted by Gasteiger charge is -2.40. The maximum Gasteiger partial charge on any atom is 0.127 e. The largest absolute Gasteiger partial charge is 0.325 e. The monoisotopic (exact) mass is 573 g/mol. The van der Waals surface area contributed by atoms with Crippen LogP contribution in [-0.4, -0.2) is 51.5 Å². The van der Waals surface area contributed by atoms with Crippen molar-refractivity contribution in [1.29, 1.82) is 0 Å². The van der Waals surface area contributed by atoms with Gasteiger partial charge in [-0.1, -0.05) is 6.07 Å². The summed E-state index contributed by atoms with van der Waals surface area (Å²) < 4.78 is 4.73. The lowest BCUT2D eigenvalue weighted by molar-refractivity contribution is 0.102. The second kappa shape index (κ2) is 9.76. The lowest BCUT2D eigenvalue weighted by atomic mass is 9.91. The maximum atomic E-state index is 5.29. The summed E-state index contributed by atoms with van der Waals surface area (Å²) in [6.45, 7) is 5.58. The van der Waals surface area contributed by atoms with Crippen LogP contribution >= 0.6 is 31.9 Å². The third-order valence-electron chi connectivity index (χ3n) is 7.71. The molecule has 5 nitrogen and oxygen atoms in total. The van der Waals surface area contributed by atoms with Crippen LogP contribution in [0.3, 0.4) is 0 Å².